The zero-order chi connectivity index (χ0) is 18.1. The van der Waals surface area contributed by atoms with Gasteiger partial charge in [0, 0.05) is 30.4 Å². The number of hydrogen-bond acceptors (Lipinski definition) is 4. The first-order chi connectivity index (χ1) is 12.6. The number of ether oxygens (including phenoxy) is 1. The molecule has 6 heteroatoms. The number of carbonyl (C=O) groups excluding carboxylic acids is 1. The summed E-state index contributed by atoms with van der Waals surface area (Å²) in [6.45, 7) is 3.14. The Morgan fingerprint density at radius 3 is 2.42 bits per heavy atom. The van der Waals surface area contributed by atoms with Gasteiger partial charge in [0.05, 0.1) is 13.2 Å². The van der Waals surface area contributed by atoms with Crippen molar-refractivity contribution in [1.82, 2.24) is 4.90 Å². The first-order valence-corrected chi connectivity index (χ1v) is 9.63. The first-order valence-electron chi connectivity index (χ1n) is 9.63. The van der Waals surface area contributed by atoms with Gasteiger partial charge in [-0.05, 0) is 49.4 Å². The van der Waals surface area contributed by atoms with Gasteiger partial charge in [-0.15, -0.1) is 0 Å². The number of carbonyl (C=O) groups is 2. The van der Waals surface area contributed by atoms with Gasteiger partial charge in [0.1, 0.15) is 6.04 Å². The van der Waals surface area contributed by atoms with E-state index in [1.165, 1.54) is 0 Å². The molecule has 1 aliphatic carbocycles. The summed E-state index contributed by atoms with van der Waals surface area (Å²) in [6.07, 6.45) is 4.77. The molecule has 2 aliphatic heterocycles. The van der Waals surface area contributed by atoms with Crippen LogP contribution in [0.1, 0.15) is 42.5 Å². The summed E-state index contributed by atoms with van der Waals surface area (Å²) in [5, 5.41) is 9.63. The zero-order valence-corrected chi connectivity index (χ0v) is 15.0. The van der Waals surface area contributed by atoms with E-state index >= 15 is 0 Å². The predicted molar refractivity (Wildman–Crippen MR) is 97.4 cm³/mol. The Labute approximate surface area is 153 Å². The maximum atomic E-state index is 13.1. The second-order valence-corrected chi connectivity index (χ2v) is 7.56. The van der Waals surface area contributed by atoms with E-state index < -0.39 is 12.0 Å². The Morgan fingerprint density at radius 1 is 1.04 bits per heavy atom. The van der Waals surface area contributed by atoms with E-state index in [1.54, 1.807) is 4.90 Å². The van der Waals surface area contributed by atoms with Gasteiger partial charge in [0.15, 0.2) is 0 Å². The molecule has 4 rings (SSSR count). The number of carboxylic acids is 1. The topological polar surface area (TPSA) is 70.1 Å². The number of amides is 1. The Bertz CT molecular complexity index is 669. The number of aliphatic carboxylic acids is 1. The van der Waals surface area contributed by atoms with Crippen LogP contribution in [0, 0.1) is 5.92 Å². The van der Waals surface area contributed by atoms with Crippen molar-refractivity contribution in [1.29, 1.82) is 0 Å². The van der Waals surface area contributed by atoms with E-state index in [1.807, 2.05) is 24.3 Å². The second-order valence-electron chi connectivity index (χ2n) is 7.56. The largest absolute Gasteiger partial charge is 0.480 e. The molecule has 0 bridgehead atoms. The lowest BCUT2D eigenvalue weighted by atomic mass is 9.84. The van der Waals surface area contributed by atoms with Crippen LogP contribution in [0.2, 0.25) is 0 Å². The molecule has 0 radical (unpaired) electrons. The highest BCUT2D eigenvalue weighted by atomic mass is 16.5. The second kappa shape index (κ2) is 7.27. The van der Waals surface area contributed by atoms with Gasteiger partial charge >= 0.3 is 5.97 Å². The third kappa shape index (κ3) is 3.18. The first kappa shape index (κ1) is 17.3. The van der Waals surface area contributed by atoms with Gasteiger partial charge in [-0.1, -0.05) is 12.8 Å². The standard InChI is InChI=1S/C20H26N2O4/c23-19(14-5-7-16(8-6-14)21-9-11-26-12-10-21)22-17-4-2-1-3-15(17)13-18(22)20(24)25/h5-8,15,17-18H,1-4,9-13H2,(H,24,25). The molecule has 3 aliphatic rings. The molecule has 3 atom stereocenters. The van der Waals surface area contributed by atoms with Gasteiger partial charge < -0.3 is 19.6 Å². The number of benzene rings is 1. The number of hydrogen-bond donors (Lipinski definition) is 1. The lowest BCUT2D eigenvalue weighted by Crippen LogP contribution is -2.46. The van der Waals surface area contributed by atoms with Gasteiger partial charge in [-0.25, -0.2) is 4.79 Å². The zero-order valence-electron chi connectivity index (χ0n) is 15.0. The lowest BCUT2D eigenvalue weighted by Gasteiger charge is -2.33. The summed E-state index contributed by atoms with van der Waals surface area (Å²) in [5.41, 5.74) is 1.66. The molecule has 0 aromatic heterocycles. The van der Waals surface area contributed by atoms with E-state index in [0.717, 1.165) is 57.7 Å². The molecule has 6 nitrogen and oxygen atoms in total. The Kier molecular flexibility index (Phi) is 4.85. The van der Waals surface area contributed by atoms with E-state index in [0.29, 0.717) is 17.9 Å². The van der Waals surface area contributed by atoms with E-state index in [2.05, 4.69) is 4.90 Å². The maximum absolute atomic E-state index is 13.1. The molecule has 3 fully saturated rings. The van der Waals surface area contributed by atoms with Crippen molar-refractivity contribution in [3.8, 4) is 0 Å². The van der Waals surface area contributed by atoms with Crippen LogP contribution in [-0.4, -0.2) is 60.3 Å². The summed E-state index contributed by atoms with van der Waals surface area (Å²) in [4.78, 5) is 28.8. The van der Waals surface area contributed by atoms with E-state index in [9.17, 15) is 14.7 Å². The monoisotopic (exact) mass is 358 g/mol. The van der Waals surface area contributed by atoms with Crippen LogP contribution in [0.4, 0.5) is 5.69 Å². The average Bonchev–Trinajstić information content (AvgIpc) is 3.08. The van der Waals surface area contributed by atoms with Gasteiger partial charge in [0.25, 0.3) is 5.91 Å². The highest BCUT2D eigenvalue weighted by Gasteiger charge is 2.47. The van der Waals surface area contributed by atoms with Crippen LogP contribution < -0.4 is 4.90 Å². The van der Waals surface area contributed by atoms with Crippen LogP contribution >= 0.6 is 0 Å². The summed E-state index contributed by atoms with van der Waals surface area (Å²) < 4.78 is 5.38. The lowest BCUT2D eigenvalue weighted by molar-refractivity contribution is -0.141. The van der Waals surface area contributed by atoms with Gasteiger partial charge in [-0.2, -0.15) is 0 Å². The molecule has 1 aromatic carbocycles. The quantitative estimate of drug-likeness (QED) is 0.898. The van der Waals surface area contributed by atoms with Crippen molar-refractivity contribution >= 4 is 17.6 Å². The van der Waals surface area contributed by atoms with Crippen molar-refractivity contribution in [2.24, 2.45) is 5.92 Å². The van der Waals surface area contributed by atoms with E-state index in [-0.39, 0.29) is 11.9 Å². The fraction of sp³-hybridized carbons (Fsp3) is 0.600. The van der Waals surface area contributed by atoms with Gasteiger partial charge in [-0.3, -0.25) is 4.79 Å². The Morgan fingerprint density at radius 2 is 1.73 bits per heavy atom. The minimum atomic E-state index is -0.877. The molecular formula is C20H26N2O4. The molecule has 0 spiro atoms. The van der Waals surface area contributed by atoms with Crippen molar-refractivity contribution in [2.45, 2.75) is 44.2 Å². The minimum Gasteiger partial charge on any atom is -0.480 e. The maximum Gasteiger partial charge on any atom is 0.326 e. The van der Waals surface area contributed by atoms with Crippen LogP contribution in [0.3, 0.4) is 0 Å². The molecule has 3 unspecified atom stereocenters. The van der Waals surface area contributed by atoms with Crippen molar-refractivity contribution in [3.05, 3.63) is 29.8 Å². The molecule has 1 N–H and O–H groups in total. The van der Waals surface area contributed by atoms with Crippen LogP contribution in [0.15, 0.2) is 24.3 Å². The Balaban J connectivity index is 1.54. The summed E-state index contributed by atoms with van der Waals surface area (Å²) in [7, 11) is 0. The third-order valence-corrected chi connectivity index (χ3v) is 6.10. The molecular weight excluding hydrogens is 332 g/mol. The summed E-state index contributed by atoms with van der Waals surface area (Å²) >= 11 is 0. The number of carboxylic acid groups (broad SMARTS) is 1. The molecule has 2 heterocycles. The van der Waals surface area contributed by atoms with E-state index in [4.69, 9.17) is 4.74 Å². The molecule has 1 saturated carbocycles. The Hall–Kier alpha value is -2.08. The molecule has 2 saturated heterocycles. The fourth-order valence-corrected chi connectivity index (χ4v) is 4.76. The third-order valence-electron chi connectivity index (χ3n) is 6.10. The number of nitrogens with zero attached hydrogens (tertiary/aromatic N) is 2. The summed E-state index contributed by atoms with van der Waals surface area (Å²) in [5.74, 6) is -0.681. The van der Waals surface area contributed by atoms with Crippen LogP contribution in [0.25, 0.3) is 0 Å². The molecule has 1 amide bonds. The number of anilines is 1. The average molecular weight is 358 g/mol. The minimum absolute atomic E-state index is 0.0799. The van der Waals surface area contributed by atoms with Gasteiger partial charge in [0.2, 0.25) is 0 Å². The van der Waals surface area contributed by atoms with Crippen LogP contribution in [0.5, 0.6) is 0 Å². The molecule has 1 aromatic rings. The predicted octanol–water partition coefficient (Wildman–Crippen LogP) is 2.38. The fourth-order valence-electron chi connectivity index (χ4n) is 4.76. The highest BCUT2D eigenvalue weighted by molar-refractivity contribution is 5.97. The summed E-state index contributed by atoms with van der Waals surface area (Å²) in [6, 6.07) is 6.99. The number of rotatable bonds is 3. The van der Waals surface area contributed by atoms with Crippen LogP contribution in [-0.2, 0) is 9.53 Å². The number of likely N-dealkylation sites (tertiary alicyclic amines) is 1. The normalized spacial score (nSPS) is 28.7. The highest BCUT2D eigenvalue weighted by Crippen LogP contribution is 2.40. The van der Waals surface area contributed by atoms with Crippen molar-refractivity contribution in [3.63, 3.8) is 0 Å². The number of fused-ring (bicyclic) bond motifs is 1. The molecule has 26 heavy (non-hydrogen) atoms. The SMILES string of the molecule is O=C(O)C1CC2CCCCC2N1C(=O)c1ccc(N2CCOCC2)cc1. The molecule has 140 valence electrons. The van der Waals surface area contributed by atoms with Crippen molar-refractivity contribution < 1.29 is 19.4 Å². The smallest absolute Gasteiger partial charge is 0.326 e. The number of morpholine rings is 1. The van der Waals surface area contributed by atoms with Crippen molar-refractivity contribution in [2.75, 3.05) is 31.2 Å².